The Morgan fingerprint density at radius 1 is 1.42 bits per heavy atom. The molecule has 7 heteroatoms. The molecule has 0 bridgehead atoms. The first-order valence-corrected chi connectivity index (χ1v) is 10.7. The molecule has 2 N–H and O–H groups in total. The lowest BCUT2D eigenvalue weighted by Crippen LogP contribution is -2.49. The fourth-order valence-electron chi connectivity index (χ4n) is 2.65. The predicted molar refractivity (Wildman–Crippen MR) is 107 cm³/mol. The highest BCUT2D eigenvalue weighted by Crippen LogP contribution is 2.24. The van der Waals surface area contributed by atoms with E-state index in [0.29, 0.717) is 18.3 Å². The zero-order chi connectivity index (χ0) is 17.6. The van der Waals surface area contributed by atoms with Crippen molar-refractivity contribution in [1.29, 1.82) is 0 Å². The molecule has 136 valence electrons. The summed E-state index contributed by atoms with van der Waals surface area (Å²) < 4.78 is 11.9. The first kappa shape index (κ1) is 19.2. The van der Waals surface area contributed by atoms with Crippen molar-refractivity contribution in [3.05, 3.63) is 17.5 Å². The molecule has 1 fully saturated rings. The Bertz CT molecular complexity index is 543. The van der Waals surface area contributed by atoms with Crippen molar-refractivity contribution in [2.75, 3.05) is 37.3 Å². The van der Waals surface area contributed by atoms with Crippen LogP contribution in [0.3, 0.4) is 0 Å². The average Bonchev–Trinajstić information content (AvgIpc) is 3.08. The number of guanidine groups is 1. The van der Waals surface area contributed by atoms with Crippen molar-refractivity contribution in [2.24, 2.45) is 4.99 Å². The quantitative estimate of drug-likeness (QED) is 0.617. The Labute approximate surface area is 152 Å². The van der Waals surface area contributed by atoms with E-state index < -0.39 is 10.8 Å². The first-order chi connectivity index (χ1) is 11.4. The lowest BCUT2D eigenvalue weighted by molar-refractivity contribution is 0.463. The van der Waals surface area contributed by atoms with Crippen LogP contribution in [0, 0.1) is 0 Å². The van der Waals surface area contributed by atoms with Crippen LogP contribution in [-0.4, -0.2) is 53.4 Å². The average molecular weight is 371 g/mol. The van der Waals surface area contributed by atoms with Gasteiger partial charge in [-0.15, -0.1) is 11.3 Å². The molecular weight excluding hydrogens is 340 g/mol. The molecule has 0 amide bonds. The fourth-order valence-corrected chi connectivity index (χ4v) is 4.34. The smallest absolute Gasteiger partial charge is 0.191 e. The van der Waals surface area contributed by atoms with Gasteiger partial charge in [-0.05, 0) is 51.1 Å². The van der Waals surface area contributed by atoms with Gasteiger partial charge in [-0.3, -0.25) is 9.20 Å². The maximum absolute atomic E-state index is 12.1. The maximum Gasteiger partial charge on any atom is 0.191 e. The van der Waals surface area contributed by atoms with Gasteiger partial charge in [0.05, 0.1) is 5.00 Å². The summed E-state index contributed by atoms with van der Waals surface area (Å²) in [7, 11) is 0.953. The Morgan fingerprint density at radius 2 is 2.12 bits per heavy atom. The van der Waals surface area contributed by atoms with Crippen LogP contribution in [0.5, 0.6) is 0 Å². The van der Waals surface area contributed by atoms with E-state index in [-0.39, 0.29) is 4.75 Å². The second-order valence-electron chi connectivity index (χ2n) is 7.02. The van der Waals surface area contributed by atoms with E-state index in [1.165, 1.54) is 5.00 Å². The van der Waals surface area contributed by atoms with E-state index in [9.17, 15) is 4.21 Å². The molecule has 24 heavy (non-hydrogen) atoms. The summed E-state index contributed by atoms with van der Waals surface area (Å²) in [6.45, 7) is 8.86. The van der Waals surface area contributed by atoms with Crippen LogP contribution in [0.1, 0.15) is 33.6 Å². The number of thiophene rings is 1. The minimum Gasteiger partial charge on any atom is -0.363 e. The number of piperidine rings is 1. The lowest BCUT2D eigenvalue weighted by atomic mass is 10.1. The summed E-state index contributed by atoms with van der Waals surface area (Å²) in [5, 5.41) is 10.3. The summed E-state index contributed by atoms with van der Waals surface area (Å²) in [5.41, 5.74) is 0. The third-order valence-electron chi connectivity index (χ3n) is 4.14. The largest absolute Gasteiger partial charge is 0.363 e. The Balaban J connectivity index is 1.71. The highest BCUT2D eigenvalue weighted by molar-refractivity contribution is 7.86. The van der Waals surface area contributed by atoms with Crippen molar-refractivity contribution in [3.8, 4) is 0 Å². The molecular formula is C17H30N4OS2. The summed E-state index contributed by atoms with van der Waals surface area (Å²) >= 11 is 1.81. The van der Waals surface area contributed by atoms with Crippen molar-refractivity contribution >= 4 is 33.1 Å². The number of hydrogen-bond donors (Lipinski definition) is 2. The molecule has 0 spiro atoms. The lowest BCUT2D eigenvalue weighted by Gasteiger charge is -2.33. The van der Waals surface area contributed by atoms with Gasteiger partial charge in [0.1, 0.15) is 0 Å². The summed E-state index contributed by atoms with van der Waals surface area (Å²) in [6.07, 6.45) is 2.21. The molecule has 1 atom stereocenters. The fraction of sp³-hybridized carbons (Fsp3) is 0.706. The first-order valence-electron chi connectivity index (χ1n) is 8.54. The molecule has 1 saturated heterocycles. The molecule has 0 saturated carbocycles. The van der Waals surface area contributed by atoms with Gasteiger partial charge < -0.3 is 15.5 Å². The minimum absolute atomic E-state index is 0.159. The van der Waals surface area contributed by atoms with Crippen molar-refractivity contribution in [2.45, 2.75) is 44.4 Å². The Morgan fingerprint density at radius 3 is 2.67 bits per heavy atom. The monoisotopic (exact) mass is 370 g/mol. The van der Waals surface area contributed by atoms with Gasteiger partial charge in [-0.1, -0.05) is 0 Å². The second kappa shape index (κ2) is 8.85. The predicted octanol–water partition coefficient (Wildman–Crippen LogP) is 2.43. The second-order valence-corrected chi connectivity index (χ2v) is 10.3. The standard InChI is InChI=1S/C17H30N4OS2/c1-17(2,3)24(22)13-9-19-16(18-4)20-14-7-10-21(11-8-14)15-6-5-12-23-15/h5-6,12,14H,7-11,13H2,1-4H3,(H2,18,19,20). The highest BCUT2D eigenvalue weighted by Gasteiger charge is 2.21. The van der Waals surface area contributed by atoms with E-state index in [1.807, 2.05) is 20.8 Å². The van der Waals surface area contributed by atoms with E-state index in [0.717, 1.165) is 31.9 Å². The molecule has 1 aliphatic rings. The van der Waals surface area contributed by atoms with Gasteiger partial charge >= 0.3 is 0 Å². The molecule has 0 aromatic carbocycles. The highest BCUT2D eigenvalue weighted by atomic mass is 32.2. The summed E-state index contributed by atoms with van der Waals surface area (Å²) in [5.74, 6) is 1.46. The Hall–Kier alpha value is -1.08. The molecule has 0 radical (unpaired) electrons. The third kappa shape index (κ3) is 5.77. The molecule has 2 rings (SSSR count). The normalized spacial score (nSPS) is 18.5. The van der Waals surface area contributed by atoms with Gasteiger partial charge in [0.2, 0.25) is 0 Å². The van der Waals surface area contributed by atoms with Crippen molar-refractivity contribution < 1.29 is 4.21 Å². The van der Waals surface area contributed by atoms with E-state index in [2.05, 4.69) is 38.0 Å². The van der Waals surface area contributed by atoms with Crippen LogP contribution in [-0.2, 0) is 10.8 Å². The number of hydrogen-bond acceptors (Lipinski definition) is 4. The number of aliphatic imine (C=N–C) groups is 1. The van der Waals surface area contributed by atoms with Crippen LogP contribution in [0.2, 0.25) is 0 Å². The van der Waals surface area contributed by atoms with Crippen LogP contribution in [0.15, 0.2) is 22.5 Å². The van der Waals surface area contributed by atoms with Crippen LogP contribution >= 0.6 is 11.3 Å². The molecule has 1 aromatic rings. The minimum atomic E-state index is -0.835. The van der Waals surface area contributed by atoms with Crippen molar-refractivity contribution in [3.63, 3.8) is 0 Å². The van der Waals surface area contributed by atoms with Gasteiger partial charge in [0.15, 0.2) is 5.96 Å². The van der Waals surface area contributed by atoms with Gasteiger partial charge in [0.25, 0.3) is 0 Å². The molecule has 0 aliphatic carbocycles. The number of nitrogens with one attached hydrogen (secondary N) is 2. The SMILES string of the molecule is CN=C(NCCS(=O)C(C)(C)C)NC1CCN(c2cccs2)CC1. The maximum atomic E-state index is 12.1. The Kier molecular flexibility index (Phi) is 7.10. The number of anilines is 1. The van der Waals surface area contributed by atoms with Gasteiger partial charge in [-0.2, -0.15) is 0 Å². The topological polar surface area (TPSA) is 56.7 Å². The molecule has 1 unspecified atom stereocenters. The summed E-state index contributed by atoms with van der Waals surface area (Å²) in [6, 6.07) is 4.74. The molecule has 1 aromatic heterocycles. The zero-order valence-corrected chi connectivity index (χ0v) is 16.8. The number of rotatable bonds is 5. The van der Waals surface area contributed by atoms with Crippen molar-refractivity contribution in [1.82, 2.24) is 10.6 Å². The summed E-state index contributed by atoms with van der Waals surface area (Å²) in [4.78, 5) is 6.74. The van der Waals surface area contributed by atoms with Gasteiger partial charge in [-0.25, -0.2) is 0 Å². The van der Waals surface area contributed by atoms with E-state index in [4.69, 9.17) is 0 Å². The third-order valence-corrected chi connectivity index (χ3v) is 7.01. The van der Waals surface area contributed by atoms with Crippen LogP contribution < -0.4 is 15.5 Å². The van der Waals surface area contributed by atoms with Gasteiger partial charge in [0, 0.05) is 54.0 Å². The van der Waals surface area contributed by atoms with E-state index >= 15 is 0 Å². The zero-order valence-electron chi connectivity index (χ0n) is 15.2. The molecule has 1 aliphatic heterocycles. The molecule has 2 heterocycles. The van der Waals surface area contributed by atoms with Crippen LogP contribution in [0.4, 0.5) is 5.00 Å². The van der Waals surface area contributed by atoms with E-state index in [1.54, 1.807) is 18.4 Å². The molecule has 5 nitrogen and oxygen atoms in total. The number of nitrogens with zero attached hydrogens (tertiary/aromatic N) is 2. The van der Waals surface area contributed by atoms with Crippen LogP contribution in [0.25, 0.3) is 0 Å².